The standard InChI is InChI=1S/C13H19N3S/c14-12-11(7-15-16-12)17-13-4-8-1-9(5-13)3-10(2-8)6-13/h7-10H,1-6H2,(H3,14,15,16). The highest BCUT2D eigenvalue weighted by molar-refractivity contribution is 8.00. The third-order valence-corrected chi connectivity index (χ3v) is 6.42. The lowest BCUT2D eigenvalue weighted by Crippen LogP contribution is -2.48. The first-order valence-corrected chi connectivity index (χ1v) is 7.52. The Kier molecular flexibility index (Phi) is 2.08. The predicted molar refractivity (Wildman–Crippen MR) is 69.8 cm³/mol. The highest BCUT2D eigenvalue weighted by Crippen LogP contribution is 2.62. The summed E-state index contributed by atoms with van der Waals surface area (Å²) in [6, 6.07) is 0. The fourth-order valence-corrected chi connectivity index (χ4v) is 6.44. The lowest BCUT2D eigenvalue weighted by Gasteiger charge is -2.56. The van der Waals surface area contributed by atoms with Crippen LogP contribution in [0.1, 0.15) is 38.5 Å². The van der Waals surface area contributed by atoms with Crippen LogP contribution in [0.15, 0.2) is 11.1 Å². The van der Waals surface area contributed by atoms with Crippen LogP contribution in [0, 0.1) is 17.8 Å². The molecule has 0 saturated heterocycles. The van der Waals surface area contributed by atoms with E-state index in [1.165, 1.54) is 43.4 Å². The molecule has 0 aromatic carbocycles. The van der Waals surface area contributed by atoms with E-state index in [2.05, 4.69) is 10.2 Å². The first kappa shape index (κ1) is 10.3. The number of nitrogens with two attached hydrogens (primary N) is 1. The van der Waals surface area contributed by atoms with Gasteiger partial charge in [0.1, 0.15) is 5.82 Å². The van der Waals surface area contributed by atoms with E-state index in [1.807, 2.05) is 18.0 Å². The van der Waals surface area contributed by atoms with Crippen molar-refractivity contribution in [3.8, 4) is 0 Å². The Morgan fingerprint density at radius 3 is 2.24 bits per heavy atom. The zero-order valence-corrected chi connectivity index (χ0v) is 10.8. The van der Waals surface area contributed by atoms with Gasteiger partial charge in [0.05, 0.1) is 11.1 Å². The normalized spacial score (nSPS) is 43.2. The first-order valence-electron chi connectivity index (χ1n) is 6.70. The summed E-state index contributed by atoms with van der Waals surface area (Å²) in [6.07, 6.45) is 10.6. The van der Waals surface area contributed by atoms with Gasteiger partial charge in [0.15, 0.2) is 0 Å². The molecule has 4 heteroatoms. The van der Waals surface area contributed by atoms with Crippen LogP contribution in [0.5, 0.6) is 0 Å². The van der Waals surface area contributed by atoms with Crippen LogP contribution in [0.4, 0.5) is 5.82 Å². The molecule has 92 valence electrons. The number of nitrogens with one attached hydrogen (secondary N) is 1. The van der Waals surface area contributed by atoms with Crippen LogP contribution in [0.25, 0.3) is 0 Å². The smallest absolute Gasteiger partial charge is 0.132 e. The summed E-state index contributed by atoms with van der Waals surface area (Å²) < 4.78 is 0.493. The molecule has 4 aliphatic carbocycles. The number of aromatic amines is 1. The number of thioether (sulfide) groups is 1. The molecule has 4 saturated carbocycles. The van der Waals surface area contributed by atoms with E-state index in [1.54, 1.807) is 0 Å². The van der Waals surface area contributed by atoms with E-state index in [9.17, 15) is 0 Å². The number of nitrogens with zero attached hydrogens (tertiary/aromatic N) is 1. The van der Waals surface area contributed by atoms with Crippen molar-refractivity contribution in [2.75, 3.05) is 5.73 Å². The fraction of sp³-hybridized carbons (Fsp3) is 0.769. The molecular formula is C13H19N3S. The monoisotopic (exact) mass is 249 g/mol. The molecule has 17 heavy (non-hydrogen) atoms. The van der Waals surface area contributed by atoms with Gasteiger partial charge in [0, 0.05) is 4.75 Å². The Labute approximate surface area is 106 Å². The molecule has 0 spiro atoms. The second-order valence-electron chi connectivity index (χ2n) is 6.35. The number of anilines is 1. The summed E-state index contributed by atoms with van der Waals surface area (Å²) in [5, 5.41) is 6.91. The van der Waals surface area contributed by atoms with Crippen LogP contribution < -0.4 is 5.73 Å². The molecule has 0 radical (unpaired) electrons. The number of aromatic nitrogens is 2. The van der Waals surface area contributed by atoms with Crippen molar-refractivity contribution in [2.45, 2.75) is 48.2 Å². The molecule has 3 nitrogen and oxygen atoms in total. The highest BCUT2D eigenvalue weighted by Gasteiger charge is 2.51. The van der Waals surface area contributed by atoms with Crippen molar-refractivity contribution in [1.29, 1.82) is 0 Å². The van der Waals surface area contributed by atoms with Gasteiger partial charge in [-0.1, -0.05) is 0 Å². The highest BCUT2D eigenvalue weighted by atomic mass is 32.2. The van der Waals surface area contributed by atoms with Gasteiger partial charge in [0.2, 0.25) is 0 Å². The molecule has 0 aliphatic heterocycles. The number of rotatable bonds is 2. The van der Waals surface area contributed by atoms with Gasteiger partial charge in [-0.25, -0.2) is 0 Å². The number of hydrogen-bond acceptors (Lipinski definition) is 3. The molecule has 4 fully saturated rings. The van der Waals surface area contributed by atoms with Crippen molar-refractivity contribution < 1.29 is 0 Å². The zero-order chi connectivity index (χ0) is 11.5. The SMILES string of the molecule is Nc1[nH]ncc1SC12CC3CC(CC(C3)C1)C2. The van der Waals surface area contributed by atoms with E-state index >= 15 is 0 Å². The van der Waals surface area contributed by atoms with Crippen LogP contribution in [-0.2, 0) is 0 Å². The molecule has 0 amide bonds. The molecule has 4 bridgehead atoms. The number of nitrogen functional groups attached to an aromatic ring is 1. The lowest BCUT2D eigenvalue weighted by molar-refractivity contribution is 0.0383. The maximum Gasteiger partial charge on any atom is 0.132 e. The van der Waals surface area contributed by atoms with Gasteiger partial charge in [-0.2, -0.15) is 5.10 Å². The second-order valence-corrected chi connectivity index (χ2v) is 7.86. The molecule has 0 unspecified atom stereocenters. The Balaban J connectivity index is 1.62. The number of hydrogen-bond donors (Lipinski definition) is 2. The average Bonchev–Trinajstić information content (AvgIpc) is 2.61. The van der Waals surface area contributed by atoms with Gasteiger partial charge in [0.25, 0.3) is 0 Å². The molecule has 5 rings (SSSR count). The molecule has 1 aromatic heterocycles. The summed E-state index contributed by atoms with van der Waals surface area (Å²) in [6.45, 7) is 0. The van der Waals surface area contributed by atoms with Gasteiger partial charge >= 0.3 is 0 Å². The summed E-state index contributed by atoms with van der Waals surface area (Å²) >= 11 is 2.02. The lowest BCUT2D eigenvalue weighted by atomic mass is 9.56. The Bertz CT molecular complexity index is 404. The third-order valence-electron chi connectivity index (χ3n) is 4.94. The van der Waals surface area contributed by atoms with Gasteiger partial charge in [-0.3, -0.25) is 5.10 Å². The van der Waals surface area contributed by atoms with E-state index in [0.717, 1.165) is 23.6 Å². The summed E-state index contributed by atoms with van der Waals surface area (Å²) in [7, 11) is 0. The maximum atomic E-state index is 5.93. The largest absolute Gasteiger partial charge is 0.383 e. The Morgan fingerprint density at radius 1 is 1.18 bits per heavy atom. The molecule has 1 aromatic rings. The molecule has 3 N–H and O–H groups in total. The van der Waals surface area contributed by atoms with Crippen LogP contribution in [0.3, 0.4) is 0 Å². The predicted octanol–water partition coefficient (Wildman–Crippen LogP) is 3.05. The van der Waals surface area contributed by atoms with Gasteiger partial charge in [-0.15, -0.1) is 11.8 Å². The summed E-state index contributed by atoms with van der Waals surface area (Å²) in [5.74, 6) is 3.76. The third kappa shape index (κ3) is 1.60. The molecule has 4 aliphatic rings. The minimum Gasteiger partial charge on any atom is -0.383 e. The van der Waals surface area contributed by atoms with Crippen molar-refractivity contribution >= 4 is 17.6 Å². The minimum atomic E-state index is 0.493. The topological polar surface area (TPSA) is 54.7 Å². The quantitative estimate of drug-likeness (QED) is 0.847. The van der Waals surface area contributed by atoms with Crippen molar-refractivity contribution in [2.24, 2.45) is 17.8 Å². The summed E-state index contributed by atoms with van der Waals surface area (Å²) in [5.41, 5.74) is 5.93. The van der Waals surface area contributed by atoms with E-state index in [-0.39, 0.29) is 0 Å². The minimum absolute atomic E-state index is 0.493. The maximum absolute atomic E-state index is 5.93. The Hall–Kier alpha value is -0.640. The fourth-order valence-electron chi connectivity index (χ4n) is 4.76. The summed E-state index contributed by atoms with van der Waals surface area (Å²) in [4.78, 5) is 1.17. The van der Waals surface area contributed by atoms with Crippen molar-refractivity contribution in [3.05, 3.63) is 6.20 Å². The van der Waals surface area contributed by atoms with E-state index in [0.29, 0.717) is 4.75 Å². The van der Waals surface area contributed by atoms with Crippen molar-refractivity contribution in [3.63, 3.8) is 0 Å². The van der Waals surface area contributed by atoms with E-state index < -0.39 is 0 Å². The van der Waals surface area contributed by atoms with Crippen molar-refractivity contribution in [1.82, 2.24) is 10.2 Å². The van der Waals surface area contributed by atoms with Gasteiger partial charge < -0.3 is 5.73 Å². The second kappa shape index (κ2) is 3.44. The van der Waals surface area contributed by atoms with E-state index in [4.69, 9.17) is 5.73 Å². The molecule has 0 atom stereocenters. The van der Waals surface area contributed by atoms with Crippen LogP contribution >= 0.6 is 11.8 Å². The number of H-pyrrole nitrogens is 1. The van der Waals surface area contributed by atoms with Gasteiger partial charge in [-0.05, 0) is 56.3 Å². The average molecular weight is 249 g/mol. The Morgan fingerprint density at radius 2 is 1.76 bits per heavy atom. The molecular weight excluding hydrogens is 230 g/mol. The molecule has 1 heterocycles. The van der Waals surface area contributed by atoms with Crippen LogP contribution in [-0.4, -0.2) is 14.9 Å². The van der Waals surface area contributed by atoms with Crippen LogP contribution in [0.2, 0.25) is 0 Å². The zero-order valence-electron chi connectivity index (χ0n) is 9.98. The first-order chi connectivity index (χ1) is 8.22.